The van der Waals surface area contributed by atoms with Gasteiger partial charge in [-0.3, -0.25) is 4.79 Å². The third-order valence-electron chi connectivity index (χ3n) is 4.20. The zero-order chi connectivity index (χ0) is 17.8. The van der Waals surface area contributed by atoms with E-state index >= 15 is 0 Å². The number of aromatic nitrogens is 3. The Morgan fingerprint density at radius 2 is 2.08 bits per heavy atom. The number of carbonyl (C=O) groups excluding carboxylic acids is 1. The third kappa shape index (κ3) is 4.07. The molecule has 2 aromatic heterocycles. The van der Waals surface area contributed by atoms with Crippen molar-refractivity contribution in [1.82, 2.24) is 14.5 Å². The Hall–Kier alpha value is -2.21. The van der Waals surface area contributed by atoms with Crippen LogP contribution < -0.4 is 5.32 Å². The maximum absolute atomic E-state index is 12.8. The topological polar surface area (TPSA) is 62.7 Å². The fraction of sp³-hybridized carbons (Fsp3) is 0.368. The number of benzene rings is 1. The summed E-state index contributed by atoms with van der Waals surface area (Å²) in [7, 11) is 0. The van der Waals surface area contributed by atoms with Crippen molar-refractivity contribution in [2.24, 2.45) is 0 Å². The van der Waals surface area contributed by atoms with Gasteiger partial charge in [-0.1, -0.05) is 13.8 Å². The molecule has 2 heterocycles. The van der Waals surface area contributed by atoms with Crippen LogP contribution in [-0.2, 0) is 4.79 Å². The first-order valence-corrected chi connectivity index (χ1v) is 9.90. The second-order valence-corrected chi connectivity index (χ2v) is 7.41. The average molecular weight is 356 g/mol. The van der Waals surface area contributed by atoms with E-state index in [4.69, 9.17) is 0 Å². The van der Waals surface area contributed by atoms with E-state index in [0.717, 1.165) is 34.7 Å². The second kappa shape index (κ2) is 7.78. The van der Waals surface area contributed by atoms with Crippen molar-refractivity contribution < 1.29 is 4.79 Å². The number of carbonyl (C=O) groups is 1. The van der Waals surface area contributed by atoms with Gasteiger partial charge in [-0.15, -0.1) is 0 Å². The van der Waals surface area contributed by atoms with Crippen LogP contribution in [0, 0.1) is 0 Å². The minimum absolute atomic E-state index is 0.00759. The highest BCUT2D eigenvalue weighted by Crippen LogP contribution is 2.22. The van der Waals surface area contributed by atoms with Crippen LogP contribution in [0.15, 0.2) is 42.7 Å². The van der Waals surface area contributed by atoms with Crippen LogP contribution in [0.25, 0.3) is 11.0 Å². The Bertz CT molecular complexity index is 838. The number of rotatable bonds is 7. The summed E-state index contributed by atoms with van der Waals surface area (Å²) in [6.45, 7) is 4.21. The van der Waals surface area contributed by atoms with Crippen molar-refractivity contribution in [1.29, 1.82) is 0 Å². The number of nitrogens with zero attached hydrogens (tertiary/aromatic N) is 2. The quantitative estimate of drug-likeness (QED) is 0.659. The van der Waals surface area contributed by atoms with Crippen LogP contribution in [0.2, 0.25) is 0 Å². The second-order valence-electron chi connectivity index (χ2n) is 6.43. The lowest BCUT2D eigenvalue weighted by Gasteiger charge is -2.18. The molecule has 25 heavy (non-hydrogen) atoms. The molecule has 0 aliphatic carbocycles. The number of hydrogen-bond donors (Lipinski definition) is 2. The molecule has 0 radical (unpaired) electrons. The van der Waals surface area contributed by atoms with Gasteiger partial charge in [-0.05, 0) is 48.8 Å². The molecule has 0 bridgehead atoms. The molecule has 1 atom stereocenters. The van der Waals surface area contributed by atoms with Crippen LogP contribution in [0.3, 0.4) is 0 Å². The summed E-state index contributed by atoms with van der Waals surface area (Å²) in [6, 6.07) is 9.50. The number of imidazole rings is 1. The van der Waals surface area contributed by atoms with Crippen LogP contribution in [-0.4, -0.2) is 32.5 Å². The molecule has 0 fully saturated rings. The molecule has 3 rings (SSSR count). The first-order valence-electron chi connectivity index (χ1n) is 8.50. The van der Waals surface area contributed by atoms with Gasteiger partial charge < -0.3 is 14.9 Å². The summed E-state index contributed by atoms with van der Waals surface area (Å²) < 4.78 is 1.97. The lowest BCUT2D eigenvalue weighted by molar-refractivity contribution is -0.119. The maximum atomic E-state index is 12.8. The molecule has 5 nitrogen and oxygen atoms in total. The van der Waals surface area contributed by atoms with E-state index in [2.05, 4.69) is 35.4 Å². The zero-order valence-corrected chi connectivity index (χ0v) is 15.6. The maximum Gasteiger partial charge on any atom is 0.247 e. The number of amides is 1. The average Bonchev–Trinajstić information content (AvgIpc) is 3.24. The fourth-order valence-corrected chi connectivity index (χ4v) is 3.27. The number of thioether (sulfide) groups is 1. The molecule has 0 saturated carbocycles. The Morgan fingerprint density at radius 1 is 1.32 bits per heavy atom. The van der Waals surface area contributed by atoms with Crippen LogP contribution in [0.1, 0.15) is 38.1 Å². The molecular formula is C19H24N4OS. The summed E-state index contributed by atoms with van der Waals surface area (Å²) in [5.41, 5.74) is 2.66. The summed E-state index contributed by atoms with van der Waals surface area (Å²) >= 11 is 1.75. The number of H-pyrrole nitrogens is 1. The molecule has 1 aromatic carbocycles. The van der Waals surface area contributed by atoms with Crippen molar-refractivity contribution in [2.75, 3.05) is 17.3 Å². The van der Waals surface area contributed by atoms with Crippen LogP contribution in [0.4, 0.5) is 5.69 Å². The van der Waals surface area contributed by atoms with Crippen molar-refractivity contribution >= 4 is 34.4 Å². The Labute approximate surface area is 152 Å². The SMILES string of the molecule is CSCC[C@H](C(=O)Nc1ccc2nc(C(C)C)[nH]c2c1)n1cccc1. The lowest BCUT2D eigenvalue weighted by Crippen LogP contribution is -2.25. The van der Waals surface area contributed by atoms with Crippen LogP contribution >= 0.6 is 11.8 Å². The predicted octanol–water partition coefficient (Wildman–Crippen LogP) is 4.42. The standard InChI is InChI=1S/C19H24N4OS/c1-13(2)18-21-15-7-6-14(12-16(15)22-18)20-19(24)17(8-11-25-3)23-9-4-5-10-23/h4-7,9-10,12-13,17H,8,11H2,1-3H3,(H,20,24)(H,21,22)/t17-/m1/s1. The largest absolute Gasteiger partial charge is 0.342 e. The lowest BCUT2D eigenvalue weighted by atomic mass is 10.2. The minimum atomic E-state index is -0.203. The number of anilines is 1. The van der Waals surface area contributed by atoms with Gasteiger partial charge in [-0.25, -0.2) is 4.98 Å². The smallest absolute Gasteiger partial charge is 0.247 e. The van der Waals surface area contributed by atoms with Crippen molar-refractivity contribution in [3.8, 4) is 0 Å². The number of nitrogens with one attached hydrogen (secondary N) is 2. The van der Waals surface area contributed by atoms with E-state index < -0.39 is 0 Å². The van der Waals surface area contributed by atoms with Crippen molar-refractivity contribution in [3.05, 3.63) is 48.5 Å². The number of fused-ring (bicyclic) bond motifs is 1. The van der Waals surface area contributed by atoms with Gasteiger partial charge in [0.2, 0.25) is 5.91 Å². The first kappa shape index (κ1) is 17.6. The molecule has 0 aliphatic heterocycles. The molecule has 1 amide bonds. The number of hydrogen-bond acceptors (Lipinski definition) is 3. The summed E-state index contributed by atoms with van der Waals surface area (Å²) in [6.07, 6.45) is 6.74. The molecular weight excluding hydrogens is 332 g/mol. The minimum Gasteiger partial charge on any atom is -0.342 e. The molecule has 132 valence electrons. The highest BCUT2D eigenvalue weighted by Gasteiger charge is 2.19. The van der Waals surface area contributed by atoms with Crippen molar-refractivity contribution in [3.63, 3.8) is 0 Å². The molecule has 2 N–H and O–H groups in total. The van der Waals surface area contributed by atoms with Crippen molar-refractivity contribution in [2.45, 2.75) is 32.2 Å². The Kier molecular flexibility index (Phi) is 5.48. The van der Waals surface area contributed by atoms with E-state index in [1.54, 1.807) is 11.8 Å². The molecule has 0 spiro atoms. The van der Waals surface area contributed by atoms with E-state index in [9.17, 15) is 4.79 Å². The summed E-state index contributed by atoms with van der Waals surface area (Å²) in [5.74, 6) is 2.25. The van der Waals surface area contributed by atoms with Gasteiger partial charge in [0.25, 0.3) is 0 Å². The highest BCUT2D eigenvalue weighted by molar-refractivity contribution is 7.98. The van der Waals surface area contributed by atoms with Gasteiger partial charge >= 0.3 is 0 Å². The van der Waals surface area contributed by atoms with Gasteiger partial charge in [0, 0.05) is 24.0 Å². The van der Waals surface area contributed by atoms with Gasteiger partial charge in [0.1, 0.15) is 11.9 Å². The highest BCUT2D eigenvalue weighted by atomic mass is 32.2. The normalized spacial score (nSPS) is 12.6. The molecule has 0 unspecified atom stereocenters. The molecule has 0 saturated heterocycles. The zero-order valence-electron chi connectivity index (χ0n) is 14.8. The van der Waals surface area contributed by atoms with Gasteiger partial charge in [-0.2, -0.15) is 11.8 Å². The number of aromatic amines is 1. The molecule has 3 aromatic rings. The fourth-order valence-electron chi connectivity index (χ4n) is 2.81. The summed E-state index contributed by atoms with van der Waals surface area (Å²) in [5, 5.41) is 3.05. The Balaban J connectivity index is 1.79. The molecule has 0 aliphatic rings. The predicted molar refractivity (Wildman–Crippen MR) is 105 cm³/mol. The Morgan fingerprint density at radius 3 is 2.76 bits per heavy atom. The van der Waals surface area contributed by atoms with Gasteiger partial charge in [0.15, 0.2) is 0 Å². The first-order chi connectivity index (χ1) is 12.1. The monoisotopic (exact) mass is 356 g/mol. The molecule has 6 heteroatoms. The van der Waals surface area contributed by atoms with E-state index in [-0.39, 0.29) is 11.9 Å². The van der Waals surface area contributed by atoms with E-state index in [0.29, 0.717) is 5.92 Å². The third-order valence-corrected chi connectivity index (χ3v) is 4.84. The van der Waals surface area contributed by atoms with Crippen LogP contribution in [0.5, 0.6) is 0 Å². The van der Waals surface area contributed by atoms with E-state index in [1.165, 1.54) is 0 Å². The van der Waals surface area contributed by atoms with Gasteiger partial charge in [0.05, 0.1) is 11.0 Å². The van der Waals surface area contributed by atoms with E-state index in [1.807, 2.05) is 47.3 Å². The summed E-state index contributed by atoms with van der Waals surface area (Å²) in [4.78, 5) is 20.7.